The number of fused-ring (bicyclic) bond motifs is 1. The molecular weight excluding hydrogens is 226 g/mol. The Balaban J connectivity index is 1.89. The number of benzene rings is 1. The number of aromatic nitrogens is 2. The van der Waals surface area contributed by atoms with Gasteiger partial charge in [0.25, 0.3) is 0 Å². The topological polar surface area (TPSA) is 47.5 Å². The van der Waals surface area contributed by atoms with Crippen molar-refractivity contribution in [2.24, 2.45) is 0 Å². The Hall–Kier alpha value is -1.82. The van der Waals surface area contributed by atoms with Gasteiger partial charge in [-0.2, -0.15) is 9.44 Å². The van der Waals surface area contributed by atoms with Crippen molar-refractivity contribution in [3.63, 3.8) is 0 Å². The Labute approximate surface area is 96.4 Å². The molecule has 0 N–H and O–H groups in total. The number of anilines is 1. The summed E-state index contributed by atoms with van der Waals surface area (Å²) >= 11 is 1.31. The van der Waals surface area contributed by atoms with Crippen LogP contribution >= 0.6 is 11.5 Å². The van der Waals surface area contributed by atoms with Crippen LogP contribution in [0.4, 0.5) is 5.13 Å². The van der Waals surface area contributed by atoms with Gasteiger partial charge in [-0.3, -0.25) is 0 Å². The second kappa shape index (κ2) is 3.64. The first-order valence-electron chi connectivity index (χ1n) is 4.76. The van der Waals surface area contributed by atoms with E-state index in [4.69, 9.17) is 9.57 Å². The number of hydroxylamine groups is 1. The molecule has 0 bridgehead atoms. The van der Waals surface area contributed by atoms with Crippen molar-refractivity contribution in [1.29, 1.82) is 0 Å². The summed E-state index contributed by atoms with van der Waals surface area (Å²) in [5.74, 6) is 1.60. The van der Waals surface area contributed by atoms with E-state index in [0.717, 1.165) is 22.2 Å². The highest BCUT2D eigenvalue weighted by atomic mass is 32.1. The first kappa shape index (κ1) is 9.41. The third kappa shape index (κ3) is 1.47. The first-order valence-corrected chi connectivity index (χ1v) is 5.53. The second-order valence-electron chi connectivity index (χ2n) is 3.33. The van der Waals surface area contributed by atoms with Gasteiger partial charge < -0.3 is 9.57 Å². The monoisotopic (exact) mass is 235 g/mol. The van der Waals surface area contributed by atoms with Gasteiger partial charge in [0.2, 0.25) is 5.13 Å². The minimum Gasteiger partial charge on any atom is -0.497 e. The number of rotatable bonds is 2. The lowest BCUT2D eigenvalue weighted by atomic mass is 10.2. The molecule has 0 fully saturated rings. The van der Waals surface area contributed by atoms with E-state index in [0.29, 0.717) is 6.54 Å². The highest BCUT2D eigenvalue weighted by molar-refractivity contribution is 7.09. The standard InChI is InChI=1S/C10H9N3O2S/c1-14-8-3-2-7-5-13(15-9(7)4-8)10-11-6-12-16-10/h2-4,6H,5H2,1H3. The molecule has 0 unspecified atom stereocenters. The molecule has 1 aromatic heterocycles. The Kier molecular flexibility index (Phi) is 2.14. The Morgan fingerprint density at radius 2 is 2.44 bits per heavy atom. The van der Waals surface area contributed by atoms with Crippen LogP contribution in [-0.2, 0) is 6.54 Å². The van der Waals surface area contributed by atoms with Crippen molar-refractivity contribution >= 4 is 16.7 Å². The smallest absolute Gasteiger partial charge is 0.238 e. The van der Waals surface area contributed by atoms with Crippen LogP contribution in [0.2, 0.25) is 0 Å². The quantitative estimate of drug-likeness (QED) is 0.795. The summed E-state index contributed by atoms with van der Waals surface area (Å²) in [6.45, 7) is 0.689. The van der Waals surface area contributed by atoms with Crippen molar-refractivity contribution in [1.82, 2.24) is 9.36 Å². The van der Waals surface area contributed by atoms with Gasteiger partial charge in [-0.15, -0.1) is 0 Å². The van der Waals surface area contributed by atoms with E-state index in [9.17, 15) is 0 Å². The molecule has 2 aromatic rings. The highest BCUT2D eigenvalue weighted by Gasteiger charge is 2.23. The largest absolute Gasteiger partial charge is 0.497 e. The van der Waals surface area contributed by atoms with E-state index >= 15 is 0 Å². The van der Waals surface area contributed by atoms with Crippen molar-refractivity contribution in [3.05, 3.63) is 30.1 Å². The van der Waals surface area contributed by atoms with Gasteiger partial charge in [-0.25, -0.2) is 4.98 Å². The molecule has 1 aromatic carbocycles. The van der Waals surface area contributed by atoms with E-state index in [-0.39, 0.29) is 0 Å². The lowest BCUT2D eigenvalue weighted by Crippen LogP contribution is -2.19. The third-order valence-corrected chi connectivity index (χ3v) is 3.03. The summed E-state index contributed by atoms with van der Waals surface area (Å²) in [7, 11) is 1.64. The van der Waals surface area contributed by atoms with Crippen LogP contribution in [0, 0.1) is 0 Å². The number of hydrogen-bond donors (Lipinski definition) is 0. The predicted molar refractivity (Wildman–Crippen MR) is 59.7 cm³/mol. The number of ether oxygens (including phenoxy) is 1. The fraction of sp³-hybridized carbons (Fsp3) is 0.200. The molecule has 0 radical (unpaired) electrons. The normalized spacial score (nSPS) is 13.4. The van der Waals surface area contributed by atoms with Crippen LogP contribution in [0.1, 0.15) is 5.56 Å². The molecule has 6 heteroatoms. The summed E-state index contributed by atoms with van der Waals surface area (Å²) in [5, 5.41) is 2.48. The molecule has 0 spiro atoms. The summed E-state index contributed by atoms with van der Waals surface area (Å²) in [6, 6.07) is 5.79. The molecule has 82 valence electrons. The molecule has 3 rings (SSSR count). The first-order chi connectivity index (χ1) is 7.86. The summed E-state index contributed by atoms with van der Waals surface area (Å²) < 4.78 is 9.09. The maximum absolute atomic E-state index is 5.66. The average Bonchev–Trinajstić information content (AvgIpc) is 2.96. The van der Waals surface area contributed by atoms with Gasteiger partial charge in [-0.1, -0.05) is 0 Å². The third-order valence-electron chi connectivity index (χ3n) is 2.36. The van der Waals surface area contributed by atoms with Crippen LogP contribution in [0.25, 0.3) is 0 Å². The van der Waals surface area contributed by atoms with E-state index in [1.807, 2.05) is 18.2 Å². The molecule has 0 atom stereocenters. The number of nitrogens with zero attached hydrogens (tertiary/aromatic N) is 3. The molecular formula is C10H9N3O2S. The minimum absolute atomic E-state index is 0.689. The Bertz CT molecular complexity index is 501. The van der Waals surface area contributed by atoms with Crippen LogP contribution in [0.15, 0.2) is 24.5 Å². The molecule has 16 heavy (non-hydrogen) atoms. The number of hydrogen-bond acceptors (Lipinski definition) is 6. The lowest BCUT2D eigenvalue weighted by molar-refractivity contribution is 0.306. The molecule has 0 saturated carbocycles. The van der Waals surface area contributed by atoms with E-state index in [1.54, 1.807) is 12.2 Å². The van der Waals surface area contributed by atoms with Crippen LogP contribution in [0.3, 0.4) is 0 Å². The fourth-order valence-electron chi connectivity index (χ4n) is 1.57. The van der Waals surface area contributed by atoms with Gasteiger partial charge in [0, 0.05) is 23.2 Å². The molecule has 2 heterocycles. The van der Waals surface area contributed by atoms with E-state index in [1.165, 1.54) is 17.9 Å². The maximum Gasteiger partial charge on any atom is 0.238 e. The fourth-order valence-corrected chi connectivity index (χ4v) is 2.04. The van der Waals surface area contributed by atoms with E-state index in [2.05, 4.69) is 9.36 Å². The zero-order valence-corrected chi connectivity index (χ0v) is 9.40. The molecule has 1 aliphatic rings. The zero-order chi connectivity index (χ0) is 11.0. The molecule has 0 amide bonds. The second-order valence-corrected chi connectivity index (χ2v) is 4.08. The molecule has 5 nitrogen and oxygen atoms in total. The Morgan fingerprint density at radius 3 is 3.19 bits per heavy atom. The maximum atomic E-state index is 5.66. The van der Waals surface area contributed by atoms with Crippen molar-refractivity contribution in [2.45, 2.75) is 6.54 Å². The van der Waals surface area contributed by atoms with Gasteiger partial charge in [0.15, 0.2) is 5.75 Å². The summed E-state index contributed by atoms with van der Waals surface area (Å²) in [5.41, 5.74) is 1.12. The van der Waals surface area contributed by atoms with Crippen LogP contribution < -0.4 is 14.6 Å². The Morgan fingerprint density at radius 1 is 1.50 bits per heavy atom. The van der Waals surface area contributed by atoms with Crippen molar-refractivity contribution in [2.75, 3.05) is 12.2 Å². The van der Waals surface area contributed by atoms with Crippen LogP contribution in [0.5, 0.6) is 11.5 Å². The molecule has 0 aliphatic carbocycles. The van der Waals surface area contributed by atoms with Gasteiger partial charge >= 0.3 is 0 Å². The summed E-state index contributed by atoms with van der Waals surface area (Å²) in [4.78, 5) is 9.76. The predicted octanol–water partition coefficient (Wildman–Crippen LogP) is 1.86. The van der Waals surface area contributed by atoms with Gasteiger partial charge in [0.1, 0.15) is 12.1 Å². The SMILES string of the molecule is COc1ccc2c(c1)ON(c1ncns1)C2. The lowest BCUT2D eigenvalue weighted by Gasteiger charge is -2.11. The molecule has 1 aliphatic heterocycles. The molecule has 0 saturated heterocycles. The minimum atomic E-state index is 0.689. The van der Waals surface area contributed by atoms with Gasteiger partial charge in [-0.05, 0) is 12.1 Å². The van der Waals surface area contributed by atoms with Crippen molar-refractivity contribution < 1.29 is 9.57 Å². The summed E-state index contributed by atoms with van der Waals surface area (Å²) in [6.07, 6.45) is 1.52. The number of methoxy groups -OCH3 is 1. The van der Waals surface area contributed by atoms with Crippen molar-refractivity contribution in [3.8, 4) is 11.5 Å². The van der Waals surface area contributed by atoms with Crippen LogP contribution in [-0.4, -0.2) is 16.5 Å². The van der Waals surface area contributed by atoms with Gasteiger partial charge in [0.05, 0.1) is 13.7 Å². The zero-order valence-electron chi connectivity index (χ0n) is 8.58. The highest BCUT2D eigenvalue weighted by Crippen LogP contribution is 2.34. The average molecular weight is 235 g/mol. The van der Waals surface area contributed by atoms with E-state index < -0.39 is 0 Å².